The van der Waals surface area contributed by atoms with Gasteiger partial charge in [0.1, 0.15) is 5.76 Å². The van der Waals surface area contributed by atoms with Crippen LogP contribution in [-0.4, -0.2) is 30.3 Å². The van der Waals surface area contributed by atoms with Gasteiger partial charge in [-0.3, -0.25) is 4.68 Å². The highest BCUT2D eigenvalue weighted by Crippen LogP contribution is 2.39. The molecule has 6 rings (SSSR count). The highest BCUT2D eigenvalue weighted by Gasteiger charge is 2.23. The van der Waals surface area contributed by atoms with Crippen molar-refractivity contribution < 1.29 is 9.52 Å². The van der Waals surface area contributed by atoms with Gasteiger partial charge in [-0.1, -0.05) is 12.1 Å². The molecule has 3 N–H and O–H groups in total. The fraction of sp³-hybridized carbons (Fsp3) is 0.261. The summed E-state index contributed by atoms with van der Waals surface area (Å²) in [5.41, 5.74) is 9.62. The molecule has 1 aliphatic carbocycles. The molecule has 31 heavy (non-hydrogen) atoms. The molecule has 5 aromatic rings. The van der Waals surface area contributed by atoms with E-state index in [1.807, 2.05) is 47.5 Å². The van der Waals surface area contributed by atoms with Crippen LogP contribution < -0.4 is 5.73 Å². The number of benzene rings is 1. The predicted molar refractivity (Wildman–Crippen MR) is 122 cm³/mol. The number of aromatic nitrogens is 4. The van der Waals surface area contributed by atoms with E-state index in [0.29, 0.717) is 11.4 Å². The van der Waals surface area contributed by atoms with Gasteiger partial charge < -0.3 is 15.3 Å². The van der Waals surface area contributed by atoms with Crippen LogP contribution in [-0.2, 0) is 0 Å². The van der Waals surface area contributed by atoms with E-state index in [-0.39, 0.29) is 12.1 Å². The lowest BCUT2D eigenvalue weighted by Gasteiger charge is -2.25. The Bertz CT molecular complexity index is 1400. The van der Waals surface area contributed by atoms with Crippen molar-refractivity contribution in [1.82, 2.24) is 19.1 Å². The molecule has 0 unspecified atom stereocenters. The topological polar surface area (TPSA) is 103 Å². The summed E-state index contributed by atoms with van der Waals surface area (Å²) in [5.74, 6) is 1.11. The van der Waals surface area contributed by atoms with Gasteiger partial charge in [0.05, 0.1) is 23.0 Å². The van der Waals surface area contributed by atoms with Crippen molar-refractivity contribution in [2.75, 3.05) is 5.73 Å². The third-order valence-electron chi connectivity index (χ3n) is 6.14. The van der Waals surface area contributed by atoms with Gasteiger partial charge in [-0.15, -0.1) is 0 Å². The minimum absolute atomic E-state index is 0.221. The van der Waals surface area contributed by atoms with Crippen LogP contribution in [0.25, 0.3) is 43.5 Å². The molecule has 0 aliphatic heterocycles. The number of nitrogens with two attached hydrogens (primary N) is 1. The lowest BCUT2D eigenvalue weighted by atomic mass is 9.93. The molecule has 1 fully saturated rings. The molecule has 7 nitrogen and oxygen atoms in total. The molecule has 0 saturated heterocycles. The number of furan rings is 1. The summed E-state index contributed by atoms with van der Waals surface area (Å²) in [6.07, 6.45) is 10.9. The molecular formula is C23H21N5O2S. The Morgan fingerprint density at radius 2 is 2.10 bits per heavy atom. The Morgan fingerprint density at radius 3 is 3.00 bits per heavy atom. The molecule has 4 heterocycles. The van der Waals surface area contributed by atoms with Crippen LogP contribution in [0.15, 0.2) is 53.5 Å². The van der Waals surface area contributed by atoms with Crippen LogP contribution in [0.1, 0.15) is 31.7 Å². The van der Waals surface area contributed by atoms with Crippen molar-refractivity contribution in [2.45, 2.75) is 37.8 Å². The maximum Gasteiger partial charge on any atom is 0.177 e. The highest BCUT2D eigenvalue weighted by molar-refractivity contribution is 7.13. The molecule has 1 aromatic carbocycles. The Balaban J connectivity index is 1.45. The van der Waals surface area contributed by atoms with Crippen LogP contribution in [0.4, 0.5) is 5.82 Å². The Hall–Kier alpha value is -3.23. The van der Waals surface area contributed by atoms with E-state index in [1.54, 1.807) is 6.20 Å². The first-order valence-electron chi connectivity index (χ1n) is 10.4. The first kappa shape index (κ1) is 18.5. The van der Waals surface area contributed by atoms with E-state index in [0.717, 1.165) is 63.6 Å². The summed E-state index contributed by atoms with van der Waals surface area (Å²) in [7, 11) is 0. The molecule has 0 amide bonds. The number of pyridine rings is 1. The molecule has 0 radical (unpaired) electrons. The number of rotatable bonds is 3. The van der Waals surface area contributed by atoms with Crippen LogP contribution in [0.3, 0.4) is 0 Å². The molecule has 156 valence electrons. The highest BCUT2D eigenvalue weighted by atomic mass is 32.1. The first-order chi connectivity index (χ1) is 15.2. The lowest BCUT2D eigenvalue weighted by Crippen LogP contribution is -2.22. The van der Waals surface area contributed by atoms with E-state index in [2.05, 4.69) is 14.5 Å². The van der Waals surface area contributed by atoms with Crippen LogP contribution in [0.5, 0.6) is 0 Å². The fourth-order valence-corrected chi connectivity index (χ4v) is 5.32. The molecule has 2 atom stereocenters. The van der Waals surface area contributed by atoms with Gasteiger partial charge in [0.15, 0.2) is 11.4 Å². The van der Waals surface area contributed by atoms with E-state index < -0.39 is 0 Å². The Morgan fingerprint density at radius 1 is 1.16 bits per heavy atom. The van der Waals surface area contributed by atoms with Crippen molar-refractivity contribution in [3.05, 3.63) is 49.1 Å². The average molecular weight is 432 g/mol. The number of fused-ring (bicyclic) bond motifs is 2. The Kier molecular flexibility index (Phi) is 4.29. The van der Waals surface area contributed by atoms with Crippen molar-refractivity contribution in [3.8, 4) is 22.5 Å². The van der Waals surface area contributed by atoms with E-state index in [1.165, 1.54) is 11.5 Å². The number of anilines is 1. The Labute approximate surface area is 182 Å². The normalized spacial score (nSPS) is 19.4. The molecule has 4 aromatic heterocycles. The molecule has 8 heteroatoms. The summed E-state index contributed by atoms with van der Waals surface area (Å²) in [6.45, 7) is 0. The second kappa shape index (κ2) is 7.18. The number of aliphatic hydroxyl groups excluding tert-OH is 1. The number of aliphatic hydroxyl groups is 1. The SMILES string of the molecule is Nc1ncc(-c2cnn([C@@H]3CCC[C@@H](O)C3)c2)c2cc(-c3cccc4cnsc34)oc12. The number of hydrogen-bond donors (Lipinski definition) is 2. The second-order valence-corrected chi connectivity index (χ2v) is 8.95. The zero-order valence-corrected chi connectivity index (χ0v) is 17.5. The van der Waals surface area contributed by atoms with Crippen molar-refractivity contribution in [1.29, 1.82) is 0 Å². The number of nitrogen functional groups attached to an aromatic ring is 1. The monoisotopic (exact) mass is 431 g/mol. The van der Waals surface area contributed by atoms with Gasteiger partial charge in [-0.25, -0.2) is 4.98 Å². The average Bonchev–Trinajstić information content (AvgIpc) is 3.53. The van der Waals surface area contributed by atoms with E-state index in [4.69, 9.17) is 10.2 Å². The standard InChI is InChI=1S/C23H21N5O2S/c24-23-21-18(8-20(30-21)17-6-1-3-13-10-27-31-22(13)17)19(11-25-23)14-9-26-28(12-14)15-4-2-5-16(29)7-15/h1,3,6,8-12,15-16,29H,2,4-5,7H2,(H2,24,25)/t15-,16-/m1/s1. The summed E-state index contributed by atoms with van der Waals surface area (Å²) < 4.78 is 13.6. The van der Waals surface area contributed by atoms with E-state index >= 15 is 0 Å². The van der Waals surface area contributed by atoms with Gasteiger partial charge in [0.25, 0.3) is 0 Å². The number of nitrogens with zero attached hydrogens (tertiary/aromatic N) is 4. The second-order valence-electron chi connectivity index (χ2n) is 8.14. The van der Waals surface area contributed by atoms with E-state index in [9.17, 15) is 5.11 Å². The van der Waals surface area contributed by atoms with Gasteiger partial charge in [-0.05, 0) is 49.3 Å². The first-order valence-corrected chi connectivity index (χ1v) is 11.2. The van der Waals surface area contributed by atoms with Crippen LogP contribution in [0, 0.1) is 0 Å². The van der Waals surface area contributed by atoms with Gasteiger partial charge in [-0.2, -0.15) is 9.47 Å². The van der Waals surface area contributed by atoms with Gasteiger partial charge in [0, 0.05) is 46.1 Å². The molecule has 1 saturated carbocycles. The minimum atomic E-state index is -0.248. The summed E-state index contributed by atoms with van der Waals surface area (Å²) in [4.78, 5) is 4.37. The molecule has 0 bridgehead atoms. The zero-order valence-electron chi connectivity index (χ0n) is 16.7. The minimum Gasteiger partial charge on any atom is -0.452 e. The fourth-order valence-electron chi connectivity index (χ4n) is 4.55. The third-order valence-corrected chi connectivity index (χ3v) is 6.99. The maximum atomic E-state index is 10.0. The summed E-state index contributed by atoms with van der Waals surface area (Å²) in [5, 5.41) is 16.6. The van der Waals surface area contributed by atoms with Crippen LogP contribution in [0.2, 0.25) is 0 Å². The summed E-state index contributed by atoms with van der Waals surface area (Å²) >= 11 is 1.45. The molecule has 0 spiro atoms. The summed E-state index contributed by atoms with van der Waals surface area (Å²) in [6, 6.07) is 8.33. The van der Waals surface area contributed by atoms with Crippen molar-refractivity contribution >= 4 is 38.4 Å². The van der Waals surface area contributed by atoms with Crippen molar-refractivity contribution in [2.24, 2.45) is 0 Å². The predicted octanol–water partition coefficient (Wildman–Crippen LogP) is 5.03. The largest absolute Gasteiger partial charge is 0.452 e. The molecule has 1 aliphatic rings. The maximum absolute atomic E-state index is 10.0. The van der Waals surface area contributed by atoms with Gasteiger partial charge >= 0.3 is 0 Å². The van der Waals surface area contributed by atoms with Crippen molar-refractivity contribution in [3.63, 3.8) is 0 Å². The zero-order chi connectivity index (χ0) is 20.9. The molecular weight excluding hydrogens is 410 g/mol. The lowest BCUT2D eigenvalue weighted by molar-refractivity contribution is 0.100. The third kappa shape index (κ3) is 3.10. The number of hydrogen-bond acceptors (Lipinski definition) is 7. The quantitative estimate of drug-likeness (QED) is 0.415. The smallest absolute Gasteiger partial charge is 0.177 e. The van der Waals surface area contributed by atoms with Crippen LogP contribution >= 0.6 is 11.5 Å². The van der Waals surface area contributed by atoms with Gasteiger partial charge in [0.2, 0.25) is 0 Å².